The van der Waals surface area contributed by atoms with Crippen LogP contribution in [0.5, 0.6) is 5.75 Å². The number of carbonyl (C=O) groups excluding carboxylic acids is 2. The van der Waals surface area contributed by atoms with E-state index in [0.717, 1.165) is 22.2 Å². The summed E-state index contributed by atoms with van der Waals surface area (Å²) in [5, 5.41) is 13.2. The molecule has 0 bridgehead atoms. The maximum atomic E-state index is 13.0. The van der Waals surface area contributed by atoms with Crippen LogP contribution >= 0.6 is 0 Å². The molecule has 0 saturated carbocycles. The number of aromatic nitrogens is 1. The van der Waals surface area contributed by atoms with Gasteiger partial charge in [0.05, 0.1) is 17.5 Å². The number of carbonyl (C=O) groups is 2. The van der Waals surface area contributed by atoms with Crippen LogP contribution in [-0.4, -0.2) is 58.6 Å². The fraction of sp³-hybridized carbons (Fsp3) is 0.370. The third-order valence-corrected chi connectivity index (χ3v) is 6.45. The van der Waals surface area contributed by atoms with Crippen molar-refractivity contribution in [3.05, 3.63) is 71.4 Å². The average Bonchev–Trinajstić information content (AvgIpc) is 2.86. The Morgan fingerprint density at radius 1 is 1.22 bits per heavy atom. The first-order valence-corrected chi connectivity index (χ1v) is 12.1. The van der Waals surface area contributed by atoms with E-state index in [2.05, 4.69) is 15.2 Å². The van der Waals surface area contributed by atoms with Crippen molar-refractivity contribution in [2.75, 3.05) is 19.6 Å². The average molecular weight is 492 g/mol. The number of hydrogen-bond donors (Lipinski definition) is 4. The molecule has 1 aliphatic rings. The lowest BCUT2D eigenvalue weighted by Gasteiger charge is -2.38. The van der Waals surface area contributed by atoms with Gasteiger partial charge < -0.3 is 15.8 Å². The highest BCUT2D eigenvalue weighted by Crippen LogP contribution is 2.22. The summed E-state index contributed by atoms with van der Waals surface area (Å²) < 4.78 is 6.00. The summed E-state index contributed by atoms with van der Waals surface area (Å²) in [6.45, 7) is 6.07. The molecule has 1 aromatic heterocycles. The lowest BCUT2D eigenvalue weighted by Crippen LogP contribution is -2.57. The molecule has 3 atom stereocenters. The summed E-state index contributed by atoms with van der Waals surface area (Å²) in [7, 11) is 0. The molecule has 3 aromatic rings. The zero-order chi connectivity index (χ0) is 25.7. The van der Waals surface area contributed by atoms with Crippen LogP contribution < -0.4 is 21.3 Å². The van der Waals surface area contributed by atoms with Crippen LogP contribution in [0.15, 0.2) is 54.6 Å². The molecule has 0 aliphatic carbocycles. The molecule has 9 heteroatoms. The van der Waals surface area contributed by atoms with Crippen LogP contribution in [0.1, 0.15) is 35.0 Å². The lowest BCUT2D eigenvalue weighted by molar-refractivity contribution is -0.135. The summed E-state index contributed by atoms with van der Waals surface area (Å²) in [4.78, 5) is 31.8. The van der Waals surface area contributed by atoms with E-state index in [9.17, 15) is 9.59 Å². The molecular weight excluding hydrogens is 458 g/mol. The molecule has 2 amide bonds. The minimum absolute atomic E-state index is 0.0221. The predicted molar refractivity (Wildman–Crippen MR) is 137 cm³/mol. The number of hydroxylamine groups is 1. The highest BCUT2D eigenvalue weighted by molar-refractivity contribution is 5.95. The standard InChI is InChI=1S/C27H33N5O4/c1-17(28)14-32-12-11-23(27(34)31-35)25(15-32)30-26(33)19-7-9-21(10-8-19)36-16-20-13-18(2)29-24-6-4-3-5-22(20)24/h3-10,13,17,23,25,35H,11-12,14-16,28H2,1-2H3,(H,30,33)(H,31,34)/t17-,23-,25+/m0/s1. The Bertz CT molecular complexity index is 1210. The Morgan fingerprint density at radius 2 is 1.97 bits per heavy atom. The first kappa shape index (κ1) is 25.6. The minimum Gasteiger partial charge on any atom is -0.489 e. The minimum atomic E-state index is -0.524. The number of pyridine rings is 1. The van der Waals surface area contributed by atoms with Crippen molar-refractivity contribution in [1.82, 2.24) is 20.7 Å². The Hall–Kier alpha value is -3.53. The number of nitrogens with one attached hydrogen (secondary N) is 2. The predicted octanol–water partition coefficient (Wildman–Crippen LogP) is 2.40. The summed E-state index contributed by atoms with van der Waals surface area (Å²) in [5.41, 5.74) is 11.0. The van der Waals surface area contributed by atoms with Gasteiger partial charge in [0.15, 0.2) is 0 Å². The van der Waals surface area contributed by atoms with E-state index in [4.69, 9.17) is 15.7 Å². The molecule has 36 heavy (non-hydrogen) atoms. The second kappa shape index (κ2) is 11.5. The molecule has 1 fully saturated rings. The summed E-state index contributed by atoms with van der Waals surface area (Å²) in [6.07, 6.45) is 0.514. The van der Waals surface area contributed by atoms with Gasteiger partial charge in [-0.3, -0.25) is 24.7 Å². The number of para-hydroxylation sites is 1. The van der Waals surface area contributed by atoms with Gasteiger partial charge in [-0.1, -0.05) is 18.2 Å². The first-order valence-electron chi connectivity index (χ1n) is 12.1. The largest absolute Gasteiger partial charge is 0.489 e. The van der Waals surface area contributed by atoms with Gasteiger partial charge in [-0.25, -0.2) is 5.48 Å². The number of amides is 2. The van der Waals surface area contributed by atoms with E-state index < -0.39 is 17.9 Å². The van der Waals surface area contributed by atoms with E-state index >= 15 is 0 Å². The number of fused-ring (bicyclic) bond motifs is 1. The molecule has 0 spiro atoms. The van der Waals surface area contributed by atoms with Crippen LogP contribution in [0.2, 0.25) is 0 Å². The summed E-state index contributed by atoms with van der Waals surface area (Å²) in [5.74, 6) is -0.669. The van der Waals surface area contributed by atoms with Crippen molar-refractivity contribution in [2.45, 2.75) is 39.0 Å². The van der Waals surface area contributed by atoms with Crippen molar-refractivity contribution in [2.24, 2.45) is 11.7 Å². The molecule has 0 unspecified atom stereocenters. The van der Waals surface area contributed by atoms with E-state index in [1.807, 2.05) is 44.2 Å². The van der Waals surface area contributed by atoms with Crippen molar-refractivity contribution in [1.29, 1.82) is 0 Å². The van der Waals surface area contributed by atoms with Gasteiger partial charge in [0.2, 0.25) is 5.91 Å². The number of hydrogen-bond acceptors (Lipinski definition) is 7. The zero-order valence-corrected chi connectivity index (χ0v) is 20.6. The van der Waals surface area contributed by atoms with E-state index in [1.165, 1.54) is 0 Å². The number of ether oxygens (including phenoxy) is 1. The third kappa shape index (κ3) is 6.17. The Kier molecular flexibility index (Phi) is 8.14. The topological polar surface area (TPSA) is 130 Å². The highest BCUT2D eigenvalue weighted by atomic mass is 16.5. The van der Waals surface area contributed by atoms with Crippen LogP contribution in [-0.2, 0) is 11.4 Å². The van der Waals surface area contributed by atoms with Gasteiger partial charge >= 0.3 is 0 Å². The molecule has 5 N–H and O–H groups in total. The Labute approximate surface area is 210 Å². The maximum absolute atomic E-state index is 13.0. The van der Waals surface area contributed by atoms with Crippen molar-refractivity contribution in [3.63, 3.8) is 0 Å². The highest BCUT2D eigenvalue weighted by Gasteiger charge is 2.35. The lowest BCUT2D eigenvalue weighted by atomic mass is 9.90. The molecule has 9 nitrogen and oxygen atoms in total. The second-order valence-corrected chi connectivity index (χ2v) is 9.44. The van der Waals surface area contributed by atoms with Gasteiger partial charge in [-0.2, -0.15) is 0 Å². The second-order valence-electron chi connectivity index (χ2n) is 9.44. The quantitative estimate of drug-likeness (QED) is 0.281. The van der Waals surface area contributed by atoms with Gasteiger partial charge in [-0.15, -0.1) is 0 Å². The maximum Gasteiger partial charge on any atom is 0.251 e. The number of rotatable bonds is 8. The van der Waals surface area contributed by atoms with Crippen molar-refractivity contribution in [3.8, 4) is 5.75 Å². The Balaban J connectivity index is 1.41. The van der Waals surface area contributed by atoms with Gasteiger partial charge in [0, 0.05) is 41.3 Å². The number of nitrogens with two attached hydrogens (primary N) is 1. The van der Waals surface area contributed by atoms with Crippen LogP contribution in [0.25, 0.3) is 10.9 Å². The van der Waals surface area contributed by atoms with Crippen LogP contribution in [0.4, 0.5) is 0 Å². The molecule has 0 radical (unpaired) electrons. The third-order valence-electron chi connectivity index (χ3n) is 6.45. The molecule has 1 aliphatic heterocycles. The SMILES string of the molecule is Cc1cc(COc2ccc(C(=O)N[C@@H]3CN(C[C@H](C)N)CC[C@@H]3C(=O)NO)cc2)c2ccccc2n1. The fourth-order valence-electron chi connectivity index (χ4n) is 4.77. The number of aryl methyl sites for hydroxylation is 1. The zero-order valence-electron chi connectivity index (χ0n) is 20.6. The van der Waals surface area contributed by atoms with Gasteiger partial charge in [0.25, 0.3) is 5.91 Å². The van der Waals surface area contributed by atoms with Crippen molar-refractivity contribution >= 4 is 22.7 Å². The number of nitrogens with zero attached hydrogens (tertiary/aromatic N) is 2. The van der Waals surface area contributed by atoms with Crippen molar-refractivity contribution < 1.29 is 19.5 Å². The number of likely N-dealkylation sites (tertiary alicyclic amines) is 1. The molecule has 4 rings (SSSR count). The normalized spacial score (nSPS) is 19.0. The van der Waals surface area contributed by atoms with Gasteiger partial charge in [0.1, 0.15) is 12.4 Å². The monoisotopic (exact) mass is 491 g/mol. The summed E-state index contributed by atoms with van der Waals surface area (Å²) >= 11 is 0. The molecule has 190 valence electrons. The molecule has 2 heterocycles. The van der Waals surface area contributed by atoms with Crippen LogP contribution in [0.3, 0.4) is 0 Å². The number of piperidine rings is 1. The van der Waals surface area contributed by atoms with Crippen LogP contribution in [0, 0.1) is 12.8 Å². The molecule has 2 aromatic carbocycles. The van der Waals surface area contributed by atoms with Gasteiger partial charge in [-0.05, 0) is 63.2 Å². The molecule has 1 saturated heterocycles. The fourth-order valence-corrected chi connectivity index (χ4v) is 4.77. The van der Waals surface area contributed by atoms with E-state index in [0.29, 0.717) is 44.0 Å². The summed E-state index contributed by atoms with van der Waals surface area (Å²) in [6, 6.07) is 16.4. The van der Waals surface area contributed by atoms with E-state index in [-0.39, 0.29) is 11.9 Å². The smallest absolute Gasteiger partial charge is 0.251 e. The van der Waals surface area contributed by atoms with E-state index in [1.54, 1.807) is 29.7 Å². The molecular formula is C27H33N5O4. The number of benzene rings is 2. The first-order chi connectivity index (χ1) is 17.3. The Morgan fingerprint density at radius 3 is 2.69 bits per heavy atom.